The molecule has 1 aliphatic heterocycles. The molecule has 2 aromatic carbocycles. The molecule has 2 aromatic rings. The molecule has 0 saturated heterocycles. The lowest BCUT2D eigenvalue weighted by atomic mass is 10.1. The van der Waals surface area contributed by atoms with Crippen molar-refractivity contribution >= 4 is 6.02 Å². The number of aliphatic imine (C=N–C) groups is 1. The third-order valence-electron chi connectivity index (χ3n) is 3.39. The van der Waals surface area contributed by atoms with Crippen molar-refractivity contribution in [2.45, 2.75) is 12.5 Å². The normalized spacial score (nSPS) is 17.1. The highest BCUT2D eigenvalue weighted by molar-refractivity contribution is 5.73. The summed E-state index contributed by atoms with van der Waals surface area (Å²) in [5, 5.41) is 0. The summed E-state index contributed by atoms with van der Waals surface area (Å²) in [6, 6.07) is 18.8. The van der Waals surface area contributed by atoms with Gasteiger partial charge >= 0.3 is 0 Å². The van der Waals surface area contributed by atoms with E-state index in [0.29, 0.717) is 13.2 Å². The van der Waals surface area contributed by atoms with Gasteiger partial charge in [-0.15, -0.1) is 0 Å². The monoisotopic (exact) mass is 282 g/mol. The quantitative estimate of drug-likeness (QED) is 0.917. The van der Waals surface area contributed by atoms with Gasteiger partial charge in [0.05, 0.1) is 12.6 Å². The molecule has 0 bridgehead atoms. The van der Waals surface area contributed by atoms with E-state index in [1.807, 2.05) is 30.3 Å². The Morgan fingerprint density at radius 2 is 1.90 bits per heavy atom. The average Bonchev–Trinajstić information content (AvgIpc) is 2.94. The van der Waals surface area contributed by atoms with Crippen LogP contribution >= 0.6 is 0 Å². The van der Waals surface area contributed by atoms with Gasteiger partial charge in [-0.2, -0.15) is 0 Å². The zero-order valence-corrected chi connectivity index (χ0v) is 11.7. The van der Waals surface area contributed by atoms with Crippen LogP contribution in [0.3, 0.4) is 0 Å². The van der Waals surface area contributed by atoms with E-state index in [-0.39, 0.29) is 12.1 Å². The third kappa shape index (κ3) is 3.54. The fourth-order valence-electron chi connectivity index (χ4n) is 2.29. The van der Waals surface area contributed by atoms with Crippen LogP contribution < -0.4 is 10.5 Å². The average molecular weight is 282 g/mol. The molecule has 4 nitrogen and oxygen atoms in total. The van der Waals surface area contributed by atoms with Crippen LogP contribution in [0, 0.1) is 0 Å². The Morgan fingerprint density at radius 3 is 2.67 bits per heavy atom. The summed E-state index contributed by atoms with van der Waals surface area (Å²) in [5.74, 6) is 0.868. The van der Waals surface area contributed by atoms with Gasteiger partial charge in [-0.1, -0.05) is 42.5 Å². The van der Waals surface area contributed by atoms with Crippen LogP contribution in [-0.4, -0.2) is 25.3 Å². The Morgan fingerprint density at radius 1 is 1.10 bits per heavy atom. The Hall–Kier alpha value is -2.49. The van der Waals surface area contributed by atoms with Crippen LogP contribution in [0.15, 0.2) is 59.6 Å². The maximum absolute atomic E-state index is 5.80. The molecule has 2 N–H and O–H groups in total. The summed E-state index contributed by atoms with van der Waals surface area (Å²) < 4.78 is 10.9. The molecule has 1 atom stereocenters. The number of nitrogens with two attached hydrogens (primary N) is 1. The van der Waals surface area contributed by atoms with E-state index in [1.54, 1.807) is 0 Å². The van der Waals surface area contributed by atoms with Crippen LogP contribution in [0.1, 0.15) is 6.42 Å². The number of amidine groups is 1. The lowest BCUT2D eigenvalue weighted by Gasteiger charge is -2.09. The van der Waals surface area contributed by atoms with Crippen LogP contribution in [0.4, 0.5) is 0 Å². The van der Waals surface area contributed by atoms with E-state index in [0.717, 1.165) is 17.7 Å². The van der Waals surface area contributed by atoms with Crippen LogP contribution in [0.5, 0.6) is 5.75 Å². The number of hydrogen-bond acceptors (Lipinski definition) is 4. The van der Waals surface area contributed by atoms with Crippen LogP contribution in [0.25, 0.3) is 11.1 Å². The first-order valence-corrected chi connectivity index (χ1v) is 7.05. The third-order valence-corrected chi connectivity index (χ3v) is 3.39. The molecule has 0 aromatic heterocycles. The Balaban J connectivity index is 1.59. The van der Waals surface area contributed by atoms with Gasteiger partial charge in [-0.05, 0) is 23.3 Å². The zero-order chi connectivity index (χ0) is 14.5. The van der Waals surface area contributed by atoms with E-state index in [1.165, 1.54) is 5.56 Å². The molecular weight excluding hydrogens is 264 g/mol. The first-order chi connectivity index (χ1) is 10.3. The maximum Gasteiger partial charge on any atom is 0.282 e. The molecule has 0 spiro atoms. The first kappa shape index (κ1) is 13.5. The smallest absolute Gasteiger partial charge is 0.282 e. The van der Waals surface area contributed by atoms with Crippen molar-refractivity contribution in [1.82, 2.24) is 0 Å². The van der Waals surface area contributed by atoms with Crippen molar-refractivity contribution in [3.05, 3.63) is 54.6 Å². The van der Waals surface area contributed by atoms with Gasteiger partial charge in [0, 0.05) is 6.42 Å². The minimum absolute atomic E-state index is 0.113. The summed E-state index contributed by atoms with van der Waals surface area (Å²) in [4.78, 5) is 4.18. The lowest BCUT2D eigenvalue weighted by molar-refractivity contribution is 0.263. The lowest BCUT2D eigenvalue weighted by Crippen LogP contribution is -2.12. The SMILES string of the molecule is NC1=N[C@@H](CCOc2cccc(-c3ccccc3)c2)CO1. The van der Waals surface area contributed by atoms with Gasteiger partial charge in [-0.25, -0.2) is 4.99 Å². The van der Waals surface area contributed by atoms with Crippen molar-refractivity contribution in [2.24, 2.45) is 10.7 Å². The summed E-state index contributed by atoms with van der Waals surface area (Å²) in [7, 11) is 0. The largest absolute Gasteiger partial charge is 0.493 e. The van der Waals surface area contributed by atoms with Crippen LogP contribution in [-0.2, 0) is 4.74 Å². The molecular formula is C17H18N2O2. The summed E-state index contributed by atoms with van der Waals surface area (Å²) >= 11 is 0. The predicted molar refractivity (Wildman–Crippen MR) is 83.4 cm³/mol. The second-order valence-electron chi connectivity index (χ2n) is 4.96. The second-order valence-corrected chi connectivity index (χ2v) is 4.96. The summed E-state index contributed by atoms with van der Waals surface area (Å²) in [6.45, 7) is 1.16. The molecule has 0 unspecified atom stereocenters. The van der Waals surface area contributed by atoms with Crippen molar-refractivity contribution in [2.75, 3.05) is 13.2 Å². The standard InChI is InChI=1S/C17H18N2O2/c18-17-19-15(12-21-17)9-10-20-16-8-4-7-14(11-16)13-5-2-1-3-6-13/h1-8,11,15H,9-10,12H2,(H2,18,19)/t15-/m0/s1. The van der Waals surface area contributed by atoms with Gasteiger partial charge in [-0.3, -0.25) is 0 Å². The minimum atomic E-state index is 0.113. The second kappa shape index (κ2) is 6.31. The van der Waals surface area contributed by atoms with Gasteiger partial charge in [0.15, 0.2) is 0 Å². The van der Waals surface area contributed by atoms with Crippen molar-refractivity contribution < 1.29 is 9.47 Å². The Labute approximate surface area is 124 Å². The van der Waals surface area contributed by atoms with E-state index >= 15 is 0 Å². The van der Waals surface area contributed by atoms with Gasteiger partial charge in [0.2, 0.25) is 0 Å². The molecule has 0 radical (unpaired) electrons. The Kier molecular flexibility index (Phi) is 4.05. The predicted octanol–water partition coefficient (Wildman–Crippen LogP) is 2.84. The highest BCUT2D eigenvalue weighted by Gasteiger charge is 2.16. The van der Waals surface area contributed by atoms with Crippen molar-refractivity contribution in [1.29, 1.82) is 0 Å². The molecule has 108 valence electrons. The molecule has 21 heavy (non-hydrogen) atoms. The topological polar surface area (TPSA) is 56.8 Å². The summed E-state index contributed by atoms with van der Waals surface area (Å²) in [5.41, 5.74) is 7.82. The van der Waals surface area contributed by atoms with E-state index in [2.05, 4.69) is 29.3 Å². The molecule has 3 rings (SSSR count). The molecule has 1 heterocycles. The first-order valence-electron chi connectivity index (χ1n) is 7.05. The van der Waals surface area contributed by atoms with Crippen LogP contribution in [0.2, 0.25) is 0 Å². The fraction of sp³-hybridized carbons (Fsp3) is 0.235. The van der Waals surface area contributed by atoms with E-state index < -0.39 is 0 Å². The summed E-state index contributed by atoms with van der Waals surface area (Å²) in [6.07, 6.45) is 0.802. The van der Waals surface area contributed by atoms with E-state index in [4.69, 9.17) is 15.2 Å². The molecule has 1 aliphatic rings. The van der Waals surface area contributed by atoms with Crippen molar-refractivity contribution in [3.8, 4) is 16.9 Å². The number of hydrogen-bond donors (Lipinski definition) is 1. The molecule has 0 saturated carbocycles. The number of benzene rings is 2. The number of nitrogens with zero attached hydrogens (tertiary/aromatic N) is 1. The zero-order valence-electron chi connectivity index (χ0n) is 11.7. The number of rotatable bonds is 5. The maximum atomic E-state index is 5.80. The number of ether oxygens (including phenoxy) is 2. The highest BCUT2D eigenvalue weighted by atomic mass is 16.5. The van der Waals surface area contributed by atoms with Gasteiger partial charge in [0.1, 0.15) is 12.4 Å². The van der Waals surface area contributed by atoms with Gasteiger partial charge < -0.3 is 15.2 Å². The van der Waals surface area contributed by atoms with Gasteiger partial charge in [0.25, 0.3) is 6.02 Å². The molecule has 0 aliphatic carbocycles. The van der Waals surface area contributed by atoms with E-state index in [9.17, 15) is 0 Å². The highest BCUT2D eigenvalue weighted by Crippen LogP contribution is 2.23. The van der Waals surface area contributed by atoms with Crippen molar-refractivity contribution in [3.63, 3.8) is 0 Å². The molecule has 4 heteroatoms. The minimum Gasteiger partial charge on any atom is -0.493 e. The molecule has 0 amide bonds. The fourth-order valence-corrected chi connectivity index (χ4v) is 2.29. The Bertz CT molecular complexity index is 626. The molecule has 0 fully saturated rings.